The monoisotopic (exact) mass is 402 g/mol. The van der Waals surface area contributed by atoms with Crippen molar-refractivity contribution in [3.63, 3.8) is 0 Å². The predicted molar refractivity (Wildman–Crippen MR) is 104 cm³/mol. The number of carbonyl (C=O) groups excluding carboxylic acids is 1. The minimum Gasteiger partial charge on any atom is -0.462 e. The summed E-state index contributed by atoms with van der Waals surface area (Å²) in [5.74, 6) is 1.32. The molecule has 4 rings (SSSR count). The first kappa shape index (κ1) is 18.0. The third kappa shape index (κ3) is 3.57. The van der Waals surface area contributed by atoms with Gasteiger partial charge in [-0.15, -0.1) is 11.3 Å². The molecule has 140 valence electrons. The molecule has 9 heteroatoms. The average Bonchev–Trinajstić information content (AvgIpc) is 3.37. The fourth-order valence-corrected chi connectivity index (χ4v) is 5.01. The summed E-state index contributed by atoms with van der Waals surface area (Å²) in [7, 11) is 0. The van der Waals surface area contributed by atoms with Crippen molar-refractivity contribution in [2.75, 3.05) is 5.75 Å². The first-order chi connectivity index (χ1) is 13.0. The molecule has 3 aromatic rings. The van der Waals surface area contributed by atoms with E-state index >= 15 is 0 Å². The second-order valence-corrected chi connectivity index (χ2v) is 8.42. The lowest BCUT2D eigenvalue weighted by molar-refractivity contribution is -0.121. The van der Waals surface area contributed by atoms with Crippen molar-refractivity contribution in [1.29, 1.82) is 0 Å². The van der Waals surface area contributed by atoms with Crippen LogP contribution >= 0.6 is 23.1 Å². The highest BCUT2D eigenvalue weighted by Gasteiger charge is 2.27. The molecule has 27 heavy (non-hydrogen) atoms. The lowest BCUT2D eigenvalue weighted by Crippen LogP contribution is -2.31. The van der Waals surface area contributed by atoms with Crippen LogP contribution in [0.4, 0.5) is 0 Å². The summed E-state index contributed by atoms with van der Waals surface area (Å²) >= 11 is 3.02. The number of hydrogen-bond donors (Lipinski definition) is 1. The third-order valence-corrected chi connectivity index (χ3v) is 6.68. The Hall–Kier alpha value is -2.39. The molecule has 1 N–H and O–H groups in total. The van der Waals surface area contributed by atoms with Crippen molar-refractivity contribution >= 4 is 29.0 Å². The van der Waals surface area contributed by atoms with E-state index in [9.17, 15) is 9.59 Å². The SMILES string of the molecule is Cc1nc(-c2ccco2)sc1CNC(=O)CC1CSc2ncc(C)c(=O)n21. The molecule has 1 unspecified atom stereocenters. The lowest BCUT2D eigenvalue weighted by atomic mass is 10.2. The Kier molecular flexibility index (Phi) is 4.88. The minimum atomic E-state index is -0.161. The van der Waals surface area contributed by atoms with Crippen molar-refractivity contribution in [2.24, 2.45) is 0 Å². The Labute approximate surface area is 163 Å². The summed E-state index contributed by atoms with van der Waals surface area (Å²) in [4.78, 5) is 34.6. The largest absolute Gasteiger partial charge is 0.462 e. The number of rotatable bonds is 5. The maximum atomic E-state index is 12.4. The summed E-state index contributed by atoms with van der Waals surface area (Å²) in [6.45, 7) is 4.07. The van der Waals surface area contributed by atoms with Gasteiger partial charge in [0.1, 0.15) is 0 Å². The van der Waals surface area contributed by atoms with Gasteiger partial charge in [0.15, 0.2) is 15.9 Å². The molecule has 7 nitrogen and oxygen atoms in total. The second-order valence-electron chi connectivity index (χ2n) is 6.35. The van der Waals surface area contributed by atoms with Gasteiger partial charge in [-0.3, -0.25) is 14.2 Å². The van der Waals surface area contributed by atoms with Crippen molar-refractivity contribution in [3.05, 3.63) is 51.1 Å². The number of furan rings is 1. The standard InChI is InChI=1S/C18H18N4O3S2/c1-10-7-20-18-22(17(10)24)12(9-26-18)6-15(23)19-8-14-11(2)21-16(27-14)13-4-3-5-25-13/h3-5,7,12H,6,8-9H2,1-2H3,(H,19,23). The topological polar surface area (TPSA) is 90.0 Å². The molecule has 0 aromatic carbocycles. The van der Waals surface area contributed by atoms with E-state index in [1.807, 2.05) is 19.1 Å². The summed E-state index contributed by atoms with van der Waals surface area (Å²) in [6, 6.07) is 3.53. The van der Waals surface area contributed by atoms with Gasteiger partial charge in [-0.1, -0.05) is 11.8 Å². The van der Waals surface area contributed by atoms with Crippen molar-refractivity contribution < 1.29 is 9.21 Å². The van der Waals surface area contributed by atoms with Gasteiger partial charge in [0.05, 0.1) is 24.5 Å². The molecule has 0 saturated carbocycles. The Morgan fingerprint density at radius 3 is 3.07 bits per heavy atom. The number of aryl methyl sites for hydroxylation is 2. The number of nitrogens with zero attached hydrogens (tertiary/aromatic N) is 3. The van der Waals surface area contributed by atoms with Crippen LogP contribution in [0.1, 0.15) is 28.6 Å². The van der Waals surface area contributed by atoms with E-state index in [0.29, 0.717) is 23.0 Å². The number of thiazole rings is 1. The molecule has 3 aromatic heterocycles. The van der Waals surface area contributed by atoms with Crippen LogP contribution in [0, 0.1) is 13.8 Å². The molecule has 1 amide bonds. The molecule has 0 aliphatic carbocycles. The average molecular weight is 403 g/mol. The quantitative estimate of drug-likeness (QED) is 0.660. The van der Waals surface area contributed by atoms with E-state index in [1.54, 1.807) is 24.0 Å². The zero-order chi connectivity index (χ0) is 19.0. The number of carbonyl (C=O) groups is 1. The van der Waals surface area contributed by atoms with Gasteiger partial charge < -0.3 is 9.73 Å². The number of fused-ring (bicyclic) bond motifs is 1. The van der Waals surface area contributed by atoms with Gasteiger partial charge in [0.2, 0.25) is 5.91 Å². The maximum absolute atomic E-state index is 12.4. The van der Waals surface area contributed by atoms with Crippen LogP contribution in [0.2, 0.25) is 0 Å². The Balaban J connectivity index is 1.41. The van der Waals surface area contributed by atoms with E-state index in [1.165, 1.54) is 23.1 Å². The normalized spacial score (nSPS) is 15.7. The molecule has 1 aliphatic rings. The summed E-state index contributed by atoms with van der Waals surface area (Å²) in [6.07, 6.45) is 3.46. The van der Waals surface area contributed by atoms with E-state index in [4.69, 9.17) is 4.42 Å². The lowest BCUT2D eigenvalue weighted by Gasteiger charge is -2.13. The van der Waals surface area contributed by atoms with Gasteiger partial charge in [-0.05, 0) is 26.0 Å². The summed E-state index contributed by atoms with van der Waals surface area (Å²) < 4.78 is 7.02. The van der Waals surface area contributed by atoms with Gasteiger partial charge in [-0.25, -0.2) is 9.97 Å². The predicted octanol–water partition coefficient (Wildman–Crippen LogP) is 2.93. The maximum Gasteiger partial charge on any atom is 0.257 e. The van der Waals surface area contributed by atoms with Crippen molar-refractivity contribution in [2.45, 2.75) is 38.0 Å². The van der Waals surface area contributed by atoms with Gasteiger partial charge in [0.25, 0.3) is 5.56 Å². The molecule has 4 heterocycles. The molecule has 0 spiro atoms. The second kappa shape index (κ2) is 7.32. The Morgan fingerprint density at radius 1 is 1.44 bits per heavy atom. The van der Waals surface area contributed by atoms with E-state index in [-0.39, 0.29) is 23.9 Å². The number of amides is 1. The zero-order valence-corrected chi connectivity index (χ0v) is 16.5. The minimum absolute atomic E-state index is 0.0656. The first-order valence-corrected chi connectivity index (χ1v) is 10.3. The van der Waals surface area contributed by atoms with Crippen LogP contribution in [-0.2, 0) is 11.3 Å². The van der Waals surface area contributed by atoms with Crippen LogP contribution in [0.5, 0.6) is 0 Å². The zero-order valence-electron chi connectivity index (χ0n) is 14.9. The molecular weight excluding hydrogens is 384 g/mol. The molecule has 0 bridgehead atoms. The Morgan fingerprint density at radius 2 is 2.30 bits per heavy atom. The van der Waals surface area contributed by atoms with Crippen molar-refractivity contribution in [3.8, 4) is 10.8 Å². The fraction of sp³-hybridized carbons (Fsp3) is 0.333. The van der Waals surface area contributed by atoms with Crippen LogP contribution in [0.15, 0.2) is 39.0 Å². The smallest absolute Gasteiger partial charge is 0.257 e. The van der Waals surface area contributed by atoms with Crippen LogP contribution in [-0.4, -0.2) is 26.2 Å². The third-order valence-electron chi connectivity index (χ3n) is 4.39. The molecule has 0 radical (unpaired) electrons. The highest BCUT2D eigenvalue weighted by atomic mass is 32.2. The summed E-state index contributed by atoms with van der Waals surface area (Å²) in [5.41, 5.74) is 1.41. The van der Waals surface area contributed by atoms with Crippen LogP contribution in [0.3, 0.4) is 0 Å². The van der Waals surface area contributed by atoms with Crippen molar-refractivity contribution in [1.82, 2.24) is 19.9 Å². The number of nitrogens with one attached hydrogen (secondary N) is 1. The van der Waals surface area contributed by atoms with E-state index in [0.717, 1.165) is 21.3 Å². The fourth-order valence-electron chi connectivity index (χ4n) is 2.93. The molecule has 1 atom stereocenters. The molecule has 0 saturated heterocycles. The number of thioether (sulfide) groups is 1. The van der Waals surface area contributed by atoms with Gasteiger partial charge >= 0.3 is 0 Å². The van der Waals surface area contributed by atoms with E-state index < -0.39 is 0 Å². The first-order valence-electron chi connectivity index (χ1n) is 8.50. The number of aromatic nitrogens is 3. The highest BCUT2D eigenvalue weighted by Crippen LogP contribution is 2.32. The Bertz CT molecular complexity index is 1040. The highest BCUT2D eigenvalue weighted by molar-refractivity contribution is 7.99. The molecule has 0 fully saturated rings. The summed E-state index contributed by atoms with van der Waals surface area (Å²) in [5, 5.41) is 4.43. The van der Waals surface area contributed by atoms with Crippen LogP contribution in [0.25, 0.3) is 10.8 Å². The van der Waals surface area contributed by atoms with Gasteiger partial charge in [0, 0.05) is 28.8 Å². The molecule has 1 aliphatic heterocycles. The van der Waals surface area contributed by atoms with Gasteiger partial charge in [-0.2, -0.15) is 0 Å². The van der Waals surface area contributed by atoms with Crippen LogP contribution < -0.4 is 10.9 Å². The van der Waals surface area contributed by atoms with E-state index in [2.05, 4.69) is 15.3 Å². The number of hydrogen-bond acceptors (Lipinski definition) is 7. The molecular formula is C18H18N4O3S2.